The van der Waals surface area contributed by atoms with Crippen molar-refractivity contribution in [1.29, 1.82) is 0 Å². The Labute approximate surface area is 78.1 Å². The summed E-state index contributed by atoms with van der Waals surface area (Å²) in [6.45, 7) is 5.30. The van der Waals surface area contributed by atoms with E-state index in [-0.39, 0.29) is 0 Å². The van der Waals surface area contributed by atoms with Crippen LogP contribution in [0.5, 0.6) is 0 Å². The van der Waals surface area contributed by atoms with Gasteiger partial charge in [0.15, 0.2) is 0 Å². The van der Waals surface area contributed by atoms with Crippen LogP contribution in [0.1, 0.15) is 27.2 Å². The van der Waals surface area contributed by atoms with E-state index in [0.29, 0.717) is 6.42 Å². The lowest BCUT2D eigenvalue weighted by atomic mass is 9.85. The SMILES string of the molecule is CC[C@@]1(C)OC(C)[C@@H](O)[C@@H](O)C1O. The first-order chi connectivity index (χ1) is 5.92. The zero-order valence-electron chi connectivity index (χ0n) is 8.27. The average molecular weight is 190 g/mol. The van der Waals surface area contributed by atoms with Crippen molar-refractivity contribution in [3.8, 4) is 0 Å². The molecule has 0 amide bonds. The molecule has 3 N–H and O–H groups in total. The molecular weight excluding hydrogens is 172 g/mol. The Balaban J connectivity index is 2.82. The van der Waals surface area contributed by atoms with Crippen LogP contribution in [-0.2, 0) is 4.74 Å². The van der Waals surface area contributed by atoms with E-state index in [4.69, 9.17) is 4.74 Å². The third-order valence-corrected chi connectivity index (χ3v) is 2.94. The molecule has 1 rings (SSSR count). The van der Waals surface area contributed by atoms with Gasteiger partial charge in [0.2, 0.25) is 0 Å². The lowest BCUT2D eigenvalue weighted by molar-refractivity contribution is -0.258. The fraction of sp³-hybridized carbons (Fsp3) is 1.00. The summed E-state index contributed by atoms with van der Waals surface area (Å²) in [5, 5.41) is 28.6. The van der Waals surface area contributed by atoms with Gasteiger partial charge in [-0.05, 0) is 20.3 Å². The first-order valence-electron chi connectivity index (χ1n) is 4.64. The van der Waals surface area contributed by atoms with Crippen LogP contribution in [0.15, 0.2) is 0 Å². The van der Waals surface area contributed by atoms with Gasteiger partial charge in [-0.1, -0.05) is 6.92 Å². The van der Waals surface area contributed by atoms with Gasteiger partial charge >= 0.3 is 0 Å². The summed E-state index contributed by atoms with van der Waals surface area (Å²) < 4.78 is 5.46. The molecular formula is C9H18O4. The third-order valence-electron chi connectivity index (χ3n) is 2.94. The summed E-state index contributed by atoms with van der Waals surface area (Å²) >= 11 is 0. The highest BCUT2D eigenvalue weighted by molar-refractivity contribution is 4.97. The zero-order valence-corrected chi connectivity index (χ0v) is 8.27. The van der Waals surface area contributed by atoms with Gasteiger partial charge in [-0.2, -0.15) is 0 Å². The maximum absolute atomic E-state index is 9.65. The summed E-state index contributed by atoms with van der Waals surface area (Å²) in [7, 11) is 0. The van der Waals surface area contributed by atoms with E-state index in [9.17, 15) is 15.3 Å². The first kappa shape index (κ1) is 10.9. The standard InChI is InChI=1S/C9H18O4/c1-4-9(3)8(12)7(11)6(10)5(2)13-9/h5-8,10-12H,4H2,1-3H3/t5?,6-,7-,8?,9-/m1/s1. The van der Waals surface area contributed by atoms with E-state index >= 15 is 0 Å². The number of hydrogen-bond acceptors (Lipinski definition) is 4. The molecule has 0 saturated carbocycles. The van der Waals surface area contributed by atoms with Crippen LogP contribution in [0.4, 0.5) is 0 Å². The third kappa shape index (κ3) is 1.72. The maximum atomic E-state index is 9.65. The Bertz CT molecular complexity index is 184. The van der Waals surface area contributed by atoms with Gasteiger partial charge in [0.05, 0.1) is 11.7 Å². The van der Waals surface area contributed by atoms with Crippen LogP contribution in [-0.4, -0.2) is 45.3 Å². The van der Waals surface area contributed by atoms with E-state index in [1.54, 1.807) is 13.8 Å². The Morgan fingerprint density at radius 2 is 1.77 bits per heavy atom. The molecule has 0 spiro atoms. The quantitative estimate of drug-likeness (QED) is 0.529. The van der Waals surface area contributed by atoms with Crippen molar-refractivity contribution in [3.63, 3.8) is 0 Å². The number of rotatable bonds is 1. The molecule has 5 atom stereocenters. The highest BCUT2D eigenvalue weighted by Crippen LogP contribution is 2.31. The molecule has 0 radical (unpaired) electrons. The van der Waals surface area contributed by atoms with Gasteiger partial charge in [-0.3, -0.25) is 0 Å². The van der Waals surface area contributed by atoms with E-state index in [2.05, 4.69) is 0 Å². The monoisotopic (exact) mass is 190 g/mol. The number of aliphatic hydroxyl groups excluding tert-OH is 3. The highest BCUT2D eigenvalue weighted by atomic mass is 16.5. The van der Waals surface area contributed by atoms with Crippen molar-refractivity contribution >= 4 is 0 Å². The van der Waals surface area contributed by atoms with Gasteiger partial charge in [0.1, 0.15) is 18.3 Å². The largest absolute Gasteiger partial charge is 0.388 e. The second kappa shape index (κ2) is 3.53. The van der Waals surface area contributed by atoms with Crippen molar-refractivity contribution in [2.24, 2.45) is 0 Å². The summed E-state index contributed by atoms with van der Waals surface area (Å²) in [6, 6.07) is 0. The molecule has 4 nitrogen and oxygen atoms in total. The summed E-state index contributed by atoms with van der Waals surface area (Å²) in [5.41, 5.74) is -0.752. The minimum atomic E-state index is -1.12. The summed E-state index contributed by atoms with van der Waals surface area (Å²) in [6.07, 6.45) is -2.99. The molecule has 0 aromatic heterocycles. The Morgan fingerprint density at radius 1 is 1.23 bits per heavy atom. The summed E-state index contributed by atoms with van der Waals surface area (Å²) in [4.78, 5) is 0. The van der Waals surface area contributed by atoms with Gasteiger partial charge in [-0.25, -0.2) is 0 Å². The normalized spacial score (nSPS) is 52.2. The van der Waals surface area contributed by atoms with Gasteiger partial charge in [-0.15, -0.1) is 0 Å². The van der Waals surface area contributed by atoms with Gasteiger partial charge in [0, 0.05) is 0 Å². The van der Waals surface area contributed by atoms with Crippen LogP contribution >= 0.6 is 0 Å². The number of aliphatic hydroxyl groups is 3. The van der Waals surface area contributed by atoms with Crippen molar-refractivity contribution in [2.75, 3.05) is 0 Å². The molecule has 13 heavy (non-hydrogen) atoms. The molecule has 1 heterocycles. The maximum Gasteiger partial charge on any atom is 0.111 e. The van der Waals surface area contributed by atoms with Crippen LogP contribution in [0.2, 0.25) is 0 Å². The van der Waals surface area contributed by atoms with E-state index < -0.39 is 30.0 Å². The lowest BCUT2D eigenvalue weighted by Crippen LogP contribution is -2.62. The average Bonchev–Trinajstić information content (AvgIpc) is 2.12. The first-order valence-corrected chi connectivity index (χ1v) is 4.64. The van der Waals surface area contributed by atoms with Crippen molar-refractivity contribution in [3.05, 3.63) is 0 Å². The second-order valence-electron chi connectivity index (χ2n) is 3.92. The molecule has 1 saturated heterocycles. The van der Waals surface area contributed by atoms with E-state index in [0.717, 1.165) is 0 Å². The molecule has 2 unspecified atom stereocenters. The Morgan fingerprint density at radius 3 is 2.23 bits per heavy atom. The van der Waals surface area contributed by atoms with E-state index in [1.165, 1.54) is 0 Å². The number of hydrogen-bond donors (Lipinski definition) is 3. The van der Waals surface area contributed by atoms with Crippen LogP contribution < -0.4 is 0 Å². The molecule has 0 bridgehead atoms. The minimum Gasteiger partial charge on any atom is -0.388 e. The predicted octanol–water partition coefficient (Wildman–Crippen LogP) is -0.344. The molecule has 1 aliphatic rings. The summed E-state index contributed by atoms with van der Waals surface area (Å²) in [5.74, 6) is 0. The molecule has 0 aromatic rings. The highest BCUT2D eigenvalue weighted by Gasteiger charge is 2.48. The van der Waals surface area contributed by atoms with Crippen molar-refractivity contribution < 1.29 is 20.1 Å². The van der Waals surface area contributed by atoms with Crippen LogP contribution in [0.3, 0.4) is 0 Å². The number of ether oxygens (including phenoxy) is 1. The van der Waals surface area contributed by atoms with Crippen molar-refractivity contribution in [2.45, 2.75) is 57.2 Å². The fourth-order valence-electron chi connectivity index (χ4n) is 1.68. The zero-order chi connectivity index (χ0) is 10.2. The topological polar surface area (TPSA) is 69.9 Å². The Kier molecular flexibility index (Phi) is 2.97. The van der Waals surface area contributed by atoms with Crippen molar-refractivity contribution in [1.82, 2.24) is 0 Å². The Hall–Kier alpha value is -0.160. The fourth-order valence-corrected chi connectivity index (χ4v) is 1.68. The molecule has 0 aliphatic carbocycles. The minimum absolute atomic E-state index is 0.441. The molecule has 4 heteroatoms. The van der Waals surface area contributed by atoms with Gasteiger partial charge in [0.25, 0.3) is 0 Å². The molecule has 1 aliphatic heterocycles. The van der Waals surface area contributed by atoms with Crippen LogP contribution in [0, 0.1) is 0 Å². The van der Waals surface area contributed by atoms with Crippen LogP contribution in [0.25, 0.3) is 0 Å². The molecule has 1 fully saturated rings. The van der Waals surface area contributed by atoms with Gasteiger partial charge < -0.3 is 20.1 Å². The molecule has 0 aromatic carbocycles. The molecule has 78 valence electrons. The second-order valence-corrected chi connectivity index (χ2v) is 3.92. The van der Waals surface area contributed by atoms with E-state index in [1.807, 2.05) is 6.92 Å². The smallest absolute Gasteiger partial charge is 0.111 e. The predicted molar refractivity (Wildman–Crippen MR) is 47.3 cm³/mol. The lowest BCUT2D eigenvalue weighted by Gasteiger charge is -2.46.